The Labute approximate surface area is 139 Å². The molecule has 138 valence electrons. The maximum Gasteiger partial charge on any atom is 0.472 e. The summed E-state index contributed by atoms with van der Waals surface area (Å²) < 4.78 is 21.5. The van der Waals surface area contributed by atoms with E-state index >= 15 is 0 Å². The molecule has 9 N–H and O–H groups in total. The number of phosphoric acid groups is 1. The van der Waals surface area contributed by atoms with Crippen LogP contribution in [0.15, 0.2) is 12.4 Å². The number of nitrogen functional groups attached to an aromatic ring is 2. The average molecular weight is 377 g/mol. The summed E-state index contributed by atoms with van der Waals surface area (Å²) in [6.07, 6.45) is -7.11. The molecule has 3 heterocycles. The van der Waals surface area contributed by atoms with Gasteiger partial charge in [-0.05, 0) is 0 Å². The SMILES string of the molecule is Nc1cc2ncn([C@@H]3O[C@H](C(O)OP(=O)(O)O)[C@@H](O)[C@@H]3O)c2c(N)n1. The van der Waals surface area contributed by atoms with Crippen molar-refractivity contribution in [3.8, 4) is 0 Å². The molecule has 0 spiro atoms. The molecule has 0 radical (unpaired) electrons. The Balaban J connectivity index is 1.93. The number of rotatable bonds is 4. The second-order valence-corrected chi connectivity index (χ2v) is 6.60. The Morgan fingerprint density at radius 2 is 2.00 bits per heavy atom. The Kier molecular flexibility index (Phi) is 4.43. The summed E-state index contributed by atoms with van der Waals surface area (Å²) in [6.45, 7) is 0. The number of anilines is 2. The third-order valence-electron chi connectivity index (χ3n) is 3.67. The highest BCUT2D eigenvalue weighted by molar-refractivity contribution is 7.46. The zero-order valence-corrected chi connectivity index (χ0v) is 13.3. The van der Waals surface area contributed by atoms with E-state index in [1.165, 1.54) is 17.0 Å². The molecule has 1 unspecified atom stereocenters. The molecule has 0 aromatic carbocycles. The number of hydrogen-bond acceptors (Lipinski definition) is 10. The van der Waals surface area contributed by atoms with Gasteiger partial charge in [-0.1, -0.05) is 0 Å². The largest absolute Gasteiger partial charge is 0.472 e. The second kappa shape index (κ2) is 6.16. The number of pyridine rings is 1. The minimum atomic E-state index is -5.04. The molecule has 1 saturated heterocycles. The van der Waals surface area contributed by atoms with E-state index < -0.39 is 38.7 Å². The van der Waals surface area contributed by atoms with Crippen LogP contribution in [0.3, 0.4) is 0 Å². The van der Waals surface area contributed by atoms with Gasteiger partial charge in [0.15, 0.2) is 18.3 Å². The first-order chi connectivity index (χ1) is 11.6. The third kappa shape index (κ3) is 3.31. The maximum absolute atomic E-state index is 10.8. The van der Waals surface area contributed by atoms with Gasteiger partial charge >= 0.3 is 7.82 Å². The lowest BCUT2D eigenvalue weighted by molar-refractivity contribution is -0.160. The summed E-state index contributed by atoms with van der Waals surface area (Å²) in [5.74, 6) is 0.125. The van der Waals surface area contributed by atoms with Crippen LogP contribution in [-0.2, 0) is 13.8 Å². The zero-order chi connectivity index (χ0) is 18.5. The molecular formula is C11H16N5O8P. The molecule has 1 aliphatic rings. The van der Waals surface area contributed by atoms with Gasteiger partial charge in [-0.2, -0.15) is 0 Å². The van der Waals surface area contributed by atoms with Crippen LogP contribution >= 0.6 is 7.82 Å². The number of aromatic nitrogens is 3. The first kappa shape index (κ1) is 18.0. The number of aliphatic hydroxyl groups excluding tert-OH is 3. The molecule has 0 amide bonds. The first-order valence-corrected chi connectivity index (χ1v) is 8.43. The van der Waals surface area contributed by atoms with Crippen LogP contribution in [-0.4, -0.2) is 64.2 Å². The van der Waals surface area contributed by atoms with E-state index in [2.05, 4.69) is 14.5 Å². The van der Waals surface area contributed by atoms with E-state index in [1.807, 2.05) is 0 Å². The highest BCUT2D eigenvalue weighted by atomic mass is 31.2. The first-order valence-electron chi connectivity index (χ1n) is 6.90. The van der Waals surface area contributed by atoms with Crippen LogP contribution in [0.25, 0.3) is 11.0 Å². The van der Waals surface area contributed by atoms with Crippen molar-refractivity contribution < 1.29 is 38.9 Å². The fraction of sp³-hybridized carbons (Fsp3) is 0.455. The predicted octanol–water partition coefficient (Wildman–Crippen LogP) is -2.36. The number of nitrogens with zero attached hydrogens (tertiary/aromatic N) is 3. The second-order valence-electron chi connectivity index (χ2n) is 5.41. The highest BCUT2D eigenvalue weighted by Gasteiger charge is 2.49. The Morgan fingerprint density at radius 1 is 1.32 bits per heavy atom. The fourth-order valence-corrected chi connectivity index (χ4v) is 3.06. The summed E-state index contributed by atoms with van der Waals surface area (Å²) in [7, 11) is -5.04. The van der Waals surface area contributed by atoms with Crippen LogP contribution in [0.1, 0.15) is 6.23 Å². The number of phosphoric ester groups is 1. The molecule has 0 saturated carbocycles. The van der Waals surface area contributed by atoms with Gasteiger partial charge in [-0.3, -0.25) is 9.09 Å². The number of fused-ring (bicyclic) bond motifs is 1. The van der Waals surface area contributed by atoms with E-state index in [4.69, 9.17) is 26.0 Å². The number of imidazole rings is 1. The molecule has 25 heavy (non-hydrogen) atoms. The molecule has 2 aromatic heterocycles. The standard InChI is InChI=1S/C11H16N5O8P/c12-4-1-3-5(9(13)15-4)16(2-14-3)10-7(18)6(17)8(23-10)11(19)24-25(20,21)22/h1-2,6-8,10-11,17-19H,(H4,12,13,15)(H2,20,21,22)/t6-,7-,8-,10+,11?/m0/s1. The van der Waals surface area contributed by atoms with E-state index in [1.54, 1.807) is 0 Å². The summed E-state index contributed by atoms with van der Waals surface area (Å²) in [5, 5.41) is 29.9. The van der Waals surface area contributed by atoms with Gasteiger partial charge in [-0.15, -0.1) is 0 Å². The van der Waals surface area contributed by atoms with E-state index in [0.717, 1.165) is 0 Å². The average Bonchev–Trinajstić information content (AvgIpc) is 3.00. The van der Waals surface area contributed by atoms with Crippen molar-refractivity contribution >= 4 is 30.5 Å². The van der Waals surface area contributed by atoms with Crippen LogP contribution < -0.4 is 11.5 Å². The minimum absolute atomic E-state index is 0.00624. The molecule has 0 bridgehead atoms. The van der Waals surface area contributed by atoms with E-state index in [0.29, 0.717) is 5.52 Å². The summed E-state index contributed by atoms with van der Waals surface area (Å²) in [5.41, 5.74) is 12.0. The zero-order valence-electron chi connectivity index (χ0n) is 12.4. The lowest BCUT2D eigenvalue weighted by atomic mass is 10.1. The van der Waals surface area contributed by atoms with Gasteiger partial charge in [0, 0.05) is 6.07 Å². The van der Waals surface area contributed by atoms with Crippen molar-refractivity contribution in [3.63, 3.8) is 0 Å². The third-order valence-corrected chi connectivity index (χ3v) is 4.17. The minimum Gasteiger partial charge on any atom is -0.387 e. The quantitative estimate of drug-likeness (QED) is 0.220. The van der Waals surface area contributed by atoms with Crippen molar-refractivity contribution in [2.75, 3.05) is 11.5 Å². The number of aliphatic hydroxyl groups is 3. The molecule has 1 aliphatic heterocycles. The summed E-state index contributed by atoms with van der Waals surface area (Å²) in [4.78, 5) is 25.4. The van der Waals surface area contributed by atoms with Crippen molar-refractivity contribution in [3.05, 3.63) is 12.4 Å². The number of nitrogens with two attached hydrogens (primary N) is 2. The summed E-state index contributed by atoms with van der Waals surface area (Å²) >= 11 is 0. The van der Waals surface area contributed by atoms with Gasteiger partial charge in [0.2, 0.25) is 0 Å². The normalized spacial score (nSPS) is 28.5. The van der Waals surface area contributed by atoms with Gasteiger partial charge < -0.3 is 41.3 Å². The van der Waals surface area contributed by atoms with Crippen LogP contribution in [0.2, 0.25) is 0 Å². The van der Waals surface area contributed by atoms with E-state index in [9.17, 15) is 19.9 Å². The molecule has 2 aromatic rings. The topological polar surface area (TPSA) is 219 Å². The summed E-state index contributed by atoms with van der Waals surface area (Å²) in [6, 6.07) is 1.43. The van der Waals surface area contributed by atoms with Crippen molar-refractivity contribution in [2.24, 2.45) is 0 Å². The molecule has 13 nitrogen and oxygen atoms in total. The van der Waals surface area contributed by atoms with Gasteiger partial charge in [0.1, 0.15) is 29.6 Å². The van der Waals surface area contributed by atoms with Gasteiger partial charge in [0.25, 0.3) is 0 Å². The van der Waals surface area contributed by atoms with E-state index in [-0.39, 0.29) is 17.2 Å². The molecule has 1 fully saturated rings. The lowest BCUT2D eigenvalue weighted by Crippen LogP contribution is -2.39. The number of ether oxygens (including phenoxy) is 1. The van der Waals surface area contributed by atoms with Gasteiger partial charge in [-0.25, -0.2) is 14.5 Å². The van der Waals surface area contributed by atoms with Crippen LogP contribution in [0.4, 0.5) is 11.6 Å². The maximum atomic E-state index is 10.8. The van der Waals surface area contributed by atoms with Crippen LogP contribution in [0.5, 0.6) is 0 Å². The Bertz CT molecular complexity index is 839. The van der Waals surface area contributed by atoms with Crippen molar-refractivity contribution in [2.45, 2.75) is 30.8 Å². The molecule has 5 atom stereocenters. The Morgan fingerprint density at radius 3 is 2.64 bits per heavy atom. The van der Waals surface area contributed by atoms with Crippen molar-refractivity contribution in [1.82, 2.24) is 14.5 Å². The molecule has 3 rings (SSSR count). The predicted molar refractivity (Wildman–Crippen MR) is 81.4 cm³/mol. The molecule has 0 aliphatic carbocycles. The Hall–Kier alpha value is -1.83. The lowest BCUT2D eigenvalue weighted by Gasteiger charge is -2.21. The van der Waals surface area contributed by atoms with Crippen molar-refractivity contribution in [1.29, 1.82) is 0 Å². The number of hydrogen-bond donors (Lipinski definition) is 7. The van der Waals surface area contributed by atoms with Crippen LogP contribution in [0, 0.1) is 0 Å². The monoisotopic (exact) mass is 377 g/mol. The highest BCUT2D eigenvalue weighted by Crippen LogP contribution is 2.41. The molecule has 14 heteroatoms. The smallest absolute Gasteiger partial charge is 0.387 e. The van der Waals surface area contributed by atoms with Gasteiger partial charge in [0.05, 0.1) is 11.8 Å². The fourth-order valence-electron chi connectivity index (χ4n) is 2.65. The molecular weight excluding hydrogens is 361 g/mol.